The van der Waals surface area contributed by atoms with Crippen molar-refractivity contribution in [2.75, 3.05) is 18.8 Å². The van der Waals surface area contributed by atoms with Crippen molar-refractivity contribution in [3.05, 3.63) is 35.9 Å². The van der Waals surface area contributed by atoms with E-state index < -0.39 is 5.51 Å². The van der Waals surface area contributed by atoms with Crippen LogP contribution in [0.3, 0.4) is 0 Å². The van der Waals surface area contributed by atoms with Crippen LogP contribution in [-0.4, -0.2) is 24.4 Å². The predicted molar refractivity (Wildman–Crippen MR) is 80.1 cm³/mol. The van der Waals surface area contributed by atoms with Gasteiger partial charge in [0, 0.05) is 12.3 Å². The number of hydrogen-bond donors (Lipinski definition) is 1. The molecule has 1 nitrogen and oxygen atoms in total. The molecule has 0 bridgehead atoms. The zero-order valence-electron chi connectivity index (χ0n) is 11.7. The van der Waals surface area contributed by atoms with Gasteiger partial charge in [-0.15, -0.1) is 0 Å². The van der Waals surface area contributed by atoms with Gasteiger partial charge in [-0.05, 0) is 37.3 Å². The lowest BCUT2D eigenvalue weighted by atomic mass is 9.94. The van der Waals surface area contributed by atoms with Crippen molar-refractivity contribution < 1.29 is 13.2 Å². The van der Waals surface area contributed by atoms with Gasteiger partial charge in [-0.1, -0.05) is 49.0 Å². The summed E-state index contributed by atoms with van der Waals surface area (Å²) in [5.74, 6) is 0.428. The number of benzene rings is 1. The van der Waals surface area contributed by atoms with Crippen LogP contribution in [0, 0.1) is 0 Å². The minimum atomic E-state index is -4.11. The highest BCUT2D eigenvalue weighted by Gasteiger charge is 2.27. The van der Waals surface area contributed by atoms with E-state index in [1.165, 1.54) is 5.56 Å². The Morgan fingerprint density at radius 1 is 1.20 bits per heavy atom. The van der Waals surface area contributed by atoms with Crippen molar-refractivity contribution >= 4 is 11.8 Å². The van der Waals surface area contributed by atoms with E-state index in [0.29, 0.717) is 6.42 Å². The van der Waals surface area contributed by atoms with E-state index in [-0.39, 0.29) is 23.4 Å². The summed E-state index contributed by atoms with van der Waals surface area (Å²) >= 11 is 0.0787. The van der Waals surface area contributed by atoms with Crippen LogP contribution in [0.1, 0.15) is 37.7 Å². The minimum absolute atomic E-state index is 0.0787. The molecule has 0 saturated heterocycles. The summed E-state index contributed by atoms with van der Waals surface area (Å²) in [7, 11) is 0. The molecule has 0 heterocycles. The highest BCUT2D eigenvalue weighted by Crippen LogP contribution is 2.31. The zero-order valence-corrected chi connectivity index (χ0v) is 12.6. The molecule has 1 aromatic carbocycles. The average molecular weight is 305 g/mol. The van der Waals surface area contributed by atoms with Crippen LogP contribution in [-0.2, 0) is 0 Å². The molecule has 1 N–H and O–H groups in total. The maximum Gasteiger partial charge on any atom is 0.441 e. The molecule has 5 heteroatoms. The summed E-state index contributed by atoms with van der Waals surface area (Å²) in [6.07, 6.45) is 2.42. The molecule has 0 aliphatic rings. The van der Waals surface area contributed by atoms with E-state index in [2.05, 4.69) is 24.4 Å². The number of hydrogen-bond acceptors (Lipinski definition) is 2. The second kappa shape index (κ2) is 9.29. The smallest absolute Gasteiger partial charge is 0.316 e. The Bertz CT molecular complexity index is 354. The highest BCUT2D eigenvalue weighted by atomic mass is 32.2. The average Bonchev–Trinajstić information content (AvgIpc) is 2.41. The topological polar surface area (TPSA) is 12.0 Å². The van der Waals surface area contributed by atoms with Gasteiger partial charge in [0.15, 0.2) is 0 Å². The number of thioether (sulfide) groups is 1. The Morgan fingerprint density at radius 3 is 2.50 bits per heavy atom. The minimum Gasteiger partial charge on any atom is -0.316 e. The predicted octanol–water partition coefficient (Wildman–Crippen LogP) is 4.80. The van der Waals surface area contributed by atoms with Gasteiger partial charge in [-0.25, -0.2) is 0 Å². The number of alkyl halides is 3. The Hall–Kier alpha value is -0.680. The van der Waals surface area contributed by atoms with E-state index in [1.807, 2.05) is 18.2 Å². The second-order valence-corrected chi connectivity index (χ2v) is 5.91. The summed E-state index contributed by atoms with van der Waals surface area (Å²) in [5, 5.41) is 3.36. The van der Waals surface area contributed by atoms with Crippen LogP contribution < -0.4 is 5.32 Å². The largest absolute Gasteiger partial charge is 0.441 e. The van der Waals surface area contributed by atoms with E-state index in [4.69, 9.17) is 0 Å². The molecule has 0 aromatic heterocycles. The molecule has 0 aliphatic carbocycles. The third-order valence-corrected chi connectivity index (χ3v) is 3.87. The Kier molecular flexibility index (Phi) is 8.07. The van der Waals surface area contributed by atoms with E-state index in [9.17, 15) is 13.2 Å². The van der Waals surface area contributed by atoms with E-state index >= 15 is 0 Å². The molecule has 114 valence electrons. The van der Waals surface area contributed by atoms with Crippen molar-refractivity contribution in [3.8, 4) is 0 Å². The van der Waals surface area contributed by atoms with Crippen molar-refractivity contribution in [3.63, 3.8) is 0 Å². The third kappa shape index (κ3) is 7.80. The quantitative estimate of drug-likeness (QED) is 0.658. The van der Waals surface area contributed by atoms with Crippen LogP contribution in [0.2, 0.25) is 0 Å². The fourth-order valence-electron chi connectivity index (χ4n) is 2.08. The summed E-state index contributed by atoms with van der Waals surface area (Å²) in [4.78, 5) is 0. The van der Waals surface area contributed by atoms with Gasteiger partial charge in [0.1, 0.15) is 0 Å². The molecule has 0 aliphatic heterocycles. The Labute approximate surface area is 123 Å². The Morgan fingerprint density at radius 2 is 1.90 bits per heavy atom. The maximum atomic E-state index is 12.1. The fourth-order valence-corrected chi connectivity index (χ4v) is 2.62. The SMILES string of the molecule is CCCNCC(CCCSC(F)(F)F)c1ccccc1. The lowest BCUT2D eigenvalue weighted by molar-refractivity contribution is -0.0328. The standard InChI is InChI=1S/C15H22F3NS/c1-2-10-19-12-14(13-7-4-3-5-8-13)9-6-11-20-15(16,17)18/h3-5,7-8,14,19H,2,6,9-12H2,1H3. The third-order valence-electron chi connectivity index (χ3n) is 3.05. The van der Waals surface area contributed by atoms with Crippen LogP contribution in [0.15, 0.2) is 30.3 Å². The highest BCUT2D eigenvalue weighted by molar-refractivity contribution is 8.00. The maximum absolute atomic E-state index is 12.1. The molecule has 1 aromatic rings. The first-order chi connectivity index (χ1) is 9.53. The second-order valence-electron chi connectivity index (χ2n) is 4.75. The lowest BCUT2D eigenvalue weighted by Crippen LogP contribution is -2.22. The van der Waals surface area contributed by atoms with Crippen LogP contribution in [0.4, 0.5) is 13.2 Å². The summed E-state index contributed by atoms with van der Waals surface area (Å²) < 4.78 is 36.3. The van der Waals surface area contributed by atoms with Crippen LogP contribution in [0.5, 0.6) is 0 Å². The van der Waals surface area contributed by atoms with Gasteiger partial charge in [0.25, 0.3) is 0 Å². The van der Waals surface area contributed by atoms with Crippen LogP contribution in [0.25, 0.3) is 0 Å². The summed E-state index contributed by atoms with van der Waals surface area (Å²) in [6, 6.07) is 10.0. The van der Waals surface area contributed by atoms with Crippen molar-refractivity contribution in [2.45, 2.75) is 37.6 Å². The normalized spacial score (nSPS) is 13.4. The number of halogens is 3. The summed E-state index contributed by atoms with van der Waals surface area (Å²) in [5.41, 5.74) is -2.91. The van der Waals surface area contributed by atoms with Crippen LogP contribution >= 0.6 is 11.8 Å². The molecule has 0 saturated carbocycles. The first kappa shape index (κ1) is 17.4. The van der Waals surface area contributed by atoms with Gasteiger partial charge in [0.05, 0.1) is 0 Å². The number of nitrogens with one attached hydrogen (secondary N) is 1. The van der Waals surface area contributed by atoms with Gasteiger partial charge in [0.2, 0.25) is 0 Å². The molecule has 20 heavy (non-hydrogen) atoms. The first-order valence-corrected chi connectivity index (χ1v) is 7.98. The monoisotopic (exact) mass is 305 g/mol. The Balaban J connectivity index is 2.42. The van der Waals surface area contributed by atoms with Crippen molar-refractivity contribution in [2.24, 2.45) is 0 Å². The molecule has 1 atom stereocenters. The number of rotatable bonds is 9. The van der Waals surface area contributed by atoms with Gasteiger partial charge >= 0.3 is 5.51 Å². The van der Waals surface area contributed by atoms with Gasteiger partial charge in [-0.2, -0.15) is 13.2 Å². The molecule has 1 rings (SSSR count). The zero-order chi connectivity index (χ0) is 14.8. The van der Waals surface area contributed by atoms with Gasteiger partial charge in [-0.3, -0.25) is 0 Å². The van der Waals surface area contributed by atoms with Gasteiger partial charge < -0.3 is 5.32 Å². The molecular weight excluding hydrogens is 283 g/mol. The lowest BCUT2D eigenvalue weighted by Gasteiger charge is -2.18. The fraction of sp³-hybridized carbons (Fsp3) is 0.600. The summed E-state index contributed by atoms with van der Waals surface area (Å²) in [6.45, 7) is 3.87. The molecule has 0 spiro atoms. The first-order valence-electron chi connectivity index (χ1n) is 6.99. The molecule has 0 amide bonds. The molecule has 0 fully saturated rings. The molecule has 0 radical (unpaired) electrons. The van der Waals surface area contributed by atoms with Crippen molar-refractivity contribution in [1.82, 2.24) is 5.32 Å². The molecular formula is C15H22F3NS. The molecule has 1 unspecified atom stereocenters. The van der Waals surface area contributed by atoms with Crippen molar-refractivity contribution in [1.29, 1.82) is 0 Å². The van der Waals surface area contributed by atoms with E-state index in [0.717, 1.165) is 25.9 Å². The van der Waals surface area contributed by atoms with E-state index in [1.54, 1.807) is 0 Å².